The van der Waals surface area contributed by atoms with Crippen molar-refractivity contribution in [1.29, 1.82) is 0 Å². The molecule has 14 heavy (non-hydrogen) atoms. The fraction of sp³-hybridized carbons (Fsp3) is 0. The van der Waals surface area contributed by atoms with Crippen molar-refractivity contribution >= 4 is 51.4 Å². The summed E-state index contributed by atoms with van der Waals surface area (Å²) in [6.07, 6.45) is 1.57. The van der Waals surface area contributed by atoms with Crippen LogP contribution in [0, 0.1) is 0 Å². The lowest BCUT2D eigenvalue weighted by Gasteiger charge is -2.06. The van der Waals surface area contributed by atoms with Gasteiger partial charge in [-0.25, -0.2) is 0 Å². The minimum absolute atomic E-state index is 0.386. The Hall–Kier alpha value is -0.700. The monoisotopic (exact) mass is 246 g/mol. The number of benzene rings is 1. The minimum Gasteiger partial charge on any atom is -0.397 e. The second-order valence-electron chi connectivity index (χ2n) is 2.77. The van der Waals surface area contributed by atoms with E-state index in [2.05, 4.69) is 4.98 Å². The lowest BCUT2D eigenvalue weighted by atomic mass is 10.2. The van der Waals surface area contributed by atoms with Gasteiger partial charge in [-0.05, 0) is 12.1 Å². The average molecular weight is 248 g/mol. The number of hydrogen-bond donors (Lipinski definition) is 1. The molecule has 2 aromatic rings. The highest BCUT2D eigenvalue weighted by Crippen LogP contribution is 2.36. The third kappa shape index (κ3) is 1.40. The Morgan fingerprint density at radius 1 is 1.07 bits per heavy atom. The summed E-state index contributed by atoms with van der Waals surface area (Å²) in [7, 11) is 0. The van der Waals surface area contributed by atoms with E-state index in [4.69, 9.17) is 40.5 Å². The van der Waals surface area contributed by atoms with Crippen LogP contribution in [0.1, 0.15) is 0 Å². The second kappa shape index (κ2) is 3.46. The Labute approximate surface area is 95.6 Å². The summed E-state index contributed by atoms with van der Waals surface area (Å²) >= 11 is 17.8. The molecular weight excluding hydrogens is 242 g/mol. The maximum absolute atomic E-state index is 5.97. The zero-order chi connectivity index (χ0) is 10.3. The molecule has 2 N–H and O–H groups in total. The normalized spacial score (nSPS) is 10.8. The van der Waals surface area contributed by atoms with Gasteiger partial charge in [0.15, 0.2) is 0 Å². The first kappa shape index (κ1) is 9.84. The van der Waals surface area contributed by atoms with Crippen molar-refractivity contribution in [3.8, 4) is 0 Å². The van der Waals surface area contributed by atoms with Crippen molar-refractivity contribution < 1.29 is 0 Å². The van der Waals surface area contributed by atoms with Gasteiger partial charge in [0.1, 0.15) is 0 Å². The van der Waals surface area contributed by atoms with Gasteiger partial charge in [0, 0.05) is 11.6 Å². The molecule has 0 fully saturated rings. The summed E-state index contributed by atoms with van der Waals surface area (Å²) in [4.78, 5) is 4.09. The third-order valence-corrected chi connectivity index (χ3v) is 2.82. The quantitative estimate of drug-likeness (QED) is 0.720. The lowest BCUT2D eigenvalue weighted by molar-refractivity contribution is 1.41. The second-order valence-corrected chi connectivity index (χ2v) is 3.99. The first-order chi connectivity index (χ1) is 6.61. The van der Waals surface area contributed by atoms with Crippen LogP contribution in [-0.4, -0.2) is 4.98 Å². The molecule has 0 bridgehead atoms. The number of aromatic nitrogens is 1. The number of halogens is 3. The molecule has 5 heteroatoms. The van der Waals surface area contributed by atoms with Crippen LogP contribution in [0.2, 0.25) is 15.1 Å². The molecule has 0 atom stereocenters. The van der Waals surface area contributed by atoms with E-state index in [9.17, 15) is 0 Å². The molecule has 2 nitrogen and oxygen atoms in total. The molecule has 0 aliphatic carbocycles. The van der Waals surface area contributed by atoms with Gasteiger partial charge in [-0.1, -0.05) is 34.8 Å². The number of nitrogen functional groups attached to an aromatic ring is 1. The van der Waals surface area contributed by atoms with Gasteiger partial charge in [0.05, 0.1) is 26.3 Å². The molecule has 1 heterocycles. The Kier molecular flexibility index (Phi) is 2.43. The van der Waals surface area contributed by atoms with Crippen LogP contribution >= 0.6 is 34.8 Å². The van der Waals surface area contributed by atoms with Gasteiger partial charge < -0.3 is 5.73 Å². The number of rotatable bonds is 0. The maximum Gasteiger partial charge on any atom is 0.0924 e. The van der Waals surface area contributed by atoms with Crippen molar-refractivity contribution in [1.82, 2.24) is 4.98 Å². The minimum atomic E-state index is 0.386. The van der Waals surface area contributed by atoms with Gasteiger partial charge in [-0.3, -0.25) is 4.98 Å². The Morgan fingerprint density at radius 3 is 2.50 bits per heavy atom. The van der Waals surface area contributed by atoms with Crippen LogP contribution in [0.25, 0.3) is 10.9 Å². The molecule has 72 valence electrons. The maximum atomic E-state index is 5.97. The molecule has 0 aliphatic heterocycles. The number of fused-ring (bicyclic) bond motifs is 1. The molecule has 0 amide bonds. The van der Waals surface area contributed by atoms with Crippen molar-refractivity contribution in [2.45, 2.75) is 0 Å². The van der Waals surface area contributed by atoms with Crippen LogP contribution in [-0.2, 0) is 0 Å². The standard InChI is InChI=1S/C9H5Cl3N2/c10-4-1-2-14-9-6(12)3-5(11)8(13)7(4)9/h1-3H,13H2. The average Bonchev–Trinajstić information content (AvgIpc) is 2.14. The molecule has 0 radical (unpaired) electrons. The van der Waals surface area contributed by atoms with E-state index < -0.39 is 0 Å². The Bertz CT molecular complexity index is 511. The van der Waals surface area contributed by atoms with Gasteiger partial charge in [-0.2, -0.15) is 0 Å². The number of anilines is 1. The Morgan fingerprint density at radius 2 is 1.79 bits per heavy atom. The van der Waals surface area contributed by atoms with Crippen LogP contribution in [0.5, 0.6) is 0 Å². The summed E-state index contributed by atoms with van der Waals surface area (Å²) < 4.78 is 0. The van der Waals surface area contributed by atoms with Crippen LogP contribution in [0.4, 0.5) is 5.69 Å². The Balaban J connectivity index is 3.03. The molecule has 0 saturated heterocycles. The third-order valence-electron chi connectivity index (χ3n) is 1.91. The summed E-state index contributed by atoms with van der Waals surface area (Å²) in [6.45, 7) is 0. The predicted octanol–water partition coefficient (Wildman–Crippen LogP) is 3.78. The van der Waals surface area contributed by atoms with Crippen LogP contribution in [0.15, 0.2) is 18.3 Å². The molecule has 0 spiro atoms. The highest BCUT2D eigenvalue weighted by atomic mass is 35.5. The zero-order valence-corrected chi connectivity index (χ0v) is 9.16. The molecule has 2 rings (SSSR count). The first-order valence-corrected chi connectivity index (χ1v) is 4.92. The van der Waals surface area contributed by atoms with Crippen molar-refractivity contribution in [2.75, 3.05) is 5.73 Å². The van der Waals surface area contributed by atoms with E-state index in [0.717, 1.165) is 0 Å². The molecule has 0 aliphatic rings. The number of hydrogen-bond acceptors (Lipinski definition) is 2. The van der Waals surface area contributed by atoms with Gasteiger partial charge in [0.2, 0.25) is 0 Å². The number of nitrogens with two attached hydrogens (primary N) is 1. The van der Waals surface area contributed by atoms with E-state index in [0.29, 0.717) is 31.7 Å². The summed E-state index contributed by atoms with van der Waals surface area (Å²) in [5, 5.41) is 1.93. The van der Waals surface area contributed by atoms with E-state index in [1.165, 1.54) is 0 Å². The van der Waals surface area contributed by atoms with Gasteiger partial charge in [-0.15, -0.1) is 0 Å². The van der Waals surface area contributed by atoms with Crippen molar-refractivity contribution in [3.05, 3.63) is 33.4 Å². The van der Waals surface area contributed by atoms with Gasteiger partial charge >= 0.3 is 0 Å². The van der Waals surface area contributed by atoms with E-state index in [-0.39, 0.29) is 0 Å². The lowest BCUT2D eigenvalue weighted by Crippen LogP contribution is -1.91. The molecule has 0 unspecified atom stereocenters. The molecular formula is C9H5Cl3N2. The largest absolute Gasteiger partial charge is 0.397 e. The topological polar surface area (TPSA) is 38.9 Å². The van der Waals surface area contributed by atoms with Crippen LogP contribution in [0.3, 0.4) is 0 Å². The summed E-state index contributed by atoms with van der Waals surface area (Å²) in [5.74, 6) is 0. The first-order valence-electron chi connectivity index (χ1n) is 3.79. The zero-order valence-electron chi connectivity index (χ0n) is 6.89. The highest BCUT2D eigenvalue weighted by Gasteiger charge is 2.10. The number of nitrogens with zero attached hydrogens (tertiary/aromatic N) is 1. The van der Waals surface area contributed by atoms with Gasteiger partial charge in [0.25, 0.3) is 0 Å². The summed E-state index contributed by atoms with van der Waals surface area (Å²) in [5.41, 5.74) is 6.75. The van der Waals surface area contributed by atoms with E-state index >= 15 is 0 Å². The van der Waals surface area contributed by atoms with Crippen LogP contribution < -0.4 is 5.73 Å². The number of pyridine rings is 1. The SMILES string of the molecule is Nc1c(Cl)cc(Cl)c2nccc(Cl)c12. The van der Waals surface area contributed by atoms with E-state index in [1.807, 2.05) is 0 Å². The van der Waals surface area contributed by atoms with E-state index in [1.54, 1.807) is 18.3 Å². The molecule has 1 aromatic heterocycles. The predicted molar refractivity (Wildman–Crippen MR) is 61.2 cm³/mol. The smallest absolute Gasteiger partial charge is 0.0924 e. The van der Waals surface area contributed by atoms with Crippen molar-refractivity contribution in [2.24, 2.45) is 0 Å². The molecule has 0 saturated carbocycles. The fourth-order valence-corrected chi connectivity index (χ4v) is 2.01. The highest BCUT2D eigenvalue weighted by molar-refractivity contribution is 6.43. The summed E-state index contributed by atoms with van der Waals surface area (Å²) in [6, 6.07) is 3.21. The molecule has 1 aromatic carbocycles. The van der Waals surface area contributed by atoms with Crippen molar-refractivity contribution in [3.63, 3.8) is 0 Å². The fourth-order valence-electron chi connectivity index (χ4n) is 1.25.